The third-order valence-electron chi connectivity index (χ3n) is 5.48. The second-order valence-electron chi connectivity index (χ2n) is 7.17. The van der Waals surface area contributed by atoms with E-state index in [4.69, 9.17) is 4.42 Å². The van der Waals surface area contributed by atoms with Gasteiger partial charge < -0.3 is 4.42 Å². The van der Waals surface area contributed by atoms with Gasteiger partial charge in [0.2, 0.25) is 0 Å². The topological polar surface area (TPSA) is 68.3 Å². The van der Waals surface area contributed by atoms with Crippen LogP contribution < -0.4 is 0 Å². The van der Waals surface area contributed by atoms with Crippen LogP contribution in [-0.2, 0) is 23.4 Å². The zero-order chi connectivity index (χ0) is 17.9. The second kappa shape index (κ2) is 5.56. The molecular weight excluding hydrogens is 350 g/mol. The van der Waals surface area contributed by atoms with Crippen LogP contribution in [0.25, 0.3) is 11.1 Å². The molecule has 0 bridgehead atoms. The summed E-state index contributed by atoms with van der Waals surface area (Å²) in [6.45, 7) is 2.03. The Hall–Kier alpha value is -2.38. The lowest BCUT2D eigenvalue weighted by Gasteiger charge is -2.16. The molecule has 1 saturated heterocycles. The Balaban J connectivity index is 1.50. The van der Waals surface area contributed by atoms with E-state index in [-0.39, 0.29) is 11.2 Å². The Morgan fingerprint density at radius 3 is 2.85 bits per heavy atom. The predicted molar refractivity (Wildman–Crippen MR) is 96.3 cm³/mol. The molecule has 134 valence electrons. The van der Waals surface area contributed by atoms with Gasteiger partial charge in [-0.3, -0.25) is 9.58 Å². The largest absolute Gasteiger partial charge is 0.472 e. The number of benzene rings is 1. The van der Waals surface area contributed by atoms with E-state index in [2.05, 4.69) is 10.00 Å². The molecule has 0 N–H and O–H groups in total. The van der Waals surface area contributed by atoms with Crippen molar-refractivity contribution >= 4 is 9.84 Å². The Kier molecular flexibility index (Phi) is 3.39. The standard InChI is InChI=1S/C19H19N3O3S/c1-21-9-15(7-20-21)14-2-3-18-16(6-14)17-10-22(8-13-4-5-25-12-13)11-19(17)26(18,23)24/h2-7,9,12,17,19H,8,10-11H2,1H3/t17-,19-/m0/s1. The third kappa shape index (κ3) is 2.34. The first kappa shape index (κ1) is 15.8. The summed E-state index contributed by atoms with van der Waals surface area (Å²) < 4.78 is 32.9. The molecule has 0 amide bonds. The fourth-order valence-corrected chi connectivity index (χ4v) is 6.44. The van der Waals surface area contributed by atoms with Crippen LogP contribution in [0.5, 0.6) is 0 Å². The van der Waals surface area contributed by atoms with Gasteiger partial charge in [-0.25, -0.2) is 8.42 Å². The molecule has 5 rings (SSSR count). The molecule has 0 aliphatic carbocycles. The highest BCUT2D eigenvalue weighted by molar-refractivity contribution is 7.92. The molecule has 6 nitrogen and oxygen atoms in total. The summed E-state index contributed by atoms with van der Waals surface area (Å²) in [5.41, 5.74) is 4.04. The first-order valence-corrected chi connectivity index (χ1v) is 10.2. The maximum absolute atomic E-state index is 13.0. The molecule has 26 heavy (non-hydrogen) atoms. The van der Waals surface area contributed by atoms with E-state index >= 15 is 0 Å². The lowest BCUT2D eigenvalue weighted by Crippen LogP contribution is -2.25. The number of furan rings is 1. The fraction of sp³-hybridized carbons (Fsp3) is 0.316. The highest BCUT2D eigenvalue weighted by Gasteiger charge is 2.50. The zero-order valence-corrected chi connectivity index (χ0v) is 15.2. The second-order valence-corrected chi connectivity index (χ2v) is 9.31. The minimum absolute atomic E-state index is 0.0264. The lowest BCUT2D eigenvalue weighted by atomic mass is 9.95. The van der Waals surface area contributed by atoms with Crippen LogP contribution in [0, 0.1) is 0 Å². The van der Waals surface area contributed by atoms with E-state index < -0.39 is 9.84 Å². The number of likely N-dealkylation sites (tertiary alicyclic amines) is 1. The number of rotatable bonds is 3. The molecule has 0 radical (unpaired) electrons. The molecule has 4 heterocycles. The fourth-order valence-electron chi connectivity index (χ4n) is 4.25. The summed E-state index contributed by atoms with van der Waals surface area (Å²) in [7, 11) is -1.40. The minimum Gasteiger partial charge on any atom is -0.472 e. The number of aryl methyl sites for hydroxylation is 1. The van der Waals surface area contributed by atoms with Crippen molar-refractivity contribution in [3.05, 3.63) is 60.3 Å². The van der Waals surface area contributed by atoms with Gasteiger partial charge in [0, 0.05) is 49.9 Å². The highest BCUT2D eigenvalue weighted by atomic mass is 32.2. The zero-order valence-electron chi connectivity index (χ0n) is 14.4. The number of nitrogens with zero attached hydrogens (tertiary/aromatic N) is 3. The normalized spacial score (nSPS) is 23.9. The molecule has 0 unspecified atom stereocenters. The van der Waals surface area contributed by atoms with E-state index in [9.17, 15) is 8.42 Å². The Labute approximate surface area is 152 Å². The first-order valence-electron chi connectivity index (χ1n) is 8.62. The van der Waals surface area contributed by atoms with Gasteiger partial charge in [0.15, 0.2) is 9.84 Å². The third-order valence-corrected chi connectivity index (χ3v) is 7.74. The van der Waals surface area contributed by atoms with Gasteiger partial charge in [-0.1, -0.05) is 6.07 Å². The minimum atomic E-state index is -3.27. The van der Waals surface area contributed by atoms with Crippen LogP contribution in [0.3, 0.4) is 0 Å². The predicted octanol–water partition coefficient (Wildman–Crippen LogP) is 2.44. The van der Waals surface area contributed by atoms with Crippen LogP contribution in [0.1, 0.15) is 17.0 Å². The molecule has 2 aliphatic heterocycles. The van der Waals surface area contributed by atoms with E-state index in [0.29, 0.717) is 11.4 Å². The van der Waals surface area contributed by atoms with Gasteiger partial charge >= 0.3 is 0 Å². The number of fused-ring (bicyclic) bond motifs is 3. The lowest BCUT2D eigenvalue weighted by molar-refractivity contribution is 0.324. The number of hydrogen-bond donors (Lipinski definition) is 0. The van der Waals surface area contributed by atoms with Crippen LogP contribution in [-0.4, -0.2) is 41.4 Å². The number of aromatic nitrogens is 2. The Bertz CT molecular complexity index is 1070. The number of sulfone groups is 1. The Morgan fingerprint density at radius 2 is 2.12 bits per heavy atom. The van der Waals surface area contributed by atoms with E-state index in [1.165, 1.54) is 0 Å². The maximum Gasteiger partial charge on any atom is 0.183 e. The van der Waals surface area contributed by atoms with Gasteiger partial charge in [-0.2, -0.15) is 5.10 Å². The maximum atomic E-state index is 13.0. The van der Waals surface area contributed by atoms with Crippen LogP contribution >= 0.6 is 0 Å². The quantitative estimate of drug-likeness (QED) is 0.709. The van der Waals surface area contributed by atoms with Gasteiger partial charge in [0.05, 0.1) is 28.9 Å². The summed E-state index contributed by atoms with van der Waals surface area (Å²) in [6.07, 6.45) is 7.13. The van der Waals surface area contributed by atoms with Gasteiger partial charge in [-0.05, 0) is 29.3 Å². The average Bonchev–Trinajstić information content (AvgIpc) is 3.37. The molecule has 2 aromatic heterocycles. The van der Waals surface area contributed by atoms with Gasteiger partial charge in [0.25, 0.3) is 0 Å². The van der Waals surface area contributed by atoms with Crippen molar-refractivity contribution in [2.24, 2.45) is 7.05 Å². The molecule has 2 aliphatic rings. The van der Waals surface area contributed by atoms with Crippen molar-refractivity contribution in [2.75, 3.05) is 13.1 Å². The van der Waals surface area contributed by atoms with Crippen molar-refractivity contribution in [2.45, 2.75) is 22.6 Å². The molecule has 7 heteroatoms. The van der Waals surface area contributed by atoms with Crippen LogP contribution in [0.15, 0.2) is 58.5 Å². The molecule has 2 atom stereocenters. The summed E-state index contributed by atoms with van der Waals surface area (Å²) >= 11 is 0. The number of hydrogen-bond acceptors (Lipinski definition) is 5. The molecule has 3 aromatic rings. The van der Waals surface area contributed by atoms with E-state index in [1.54, 1.807) is 23.3 Å². The highest BCUT2D eigenvalue weighted by Crippen LogP contribution is 2.46. The summed E-state index contributed by atoms with van der Waals surface area (Å²) in [5, 5.41) is 3.86. The summed E-state index contributed by atoms with van der Waals surface area (Å²) in [4.78, 5) is 2.71. The van der Waals surface area contributed by atoms with Crippen molar-refractivity contribution in [3.63, 3.8) is 0 Å². The van der Waals surface area contributed by atoms with Crippen LogP contribution in [0.4, 0.5) is 0 Å². The van der Waals surface area contributed by atoms with Crippen LogP contribution in [0.2, 0.25) is 0 Å². The van der Waals surface area contributed by atoms with Crippen molar-refractivity contribution in [1.29, 1.82) is 0 Å². The Morgan fingerprint density at radius 1 is 1.23 bits per heavy atom. The van der Waals surface area contributed by atoms with Gasteiger partial charge in [-0.15, -0.1) is 0 Å². The molecular formula is C19H19N3O3S. The summed E-state index contributed by atoms with van der Waals surface area (Å²) in [6, 6.07) is 7.62. The molecule has 0 spiro atoms. The average molecular weight is 369 g/mol. The van der Waals surface area contributed by atoms with E-state index in [0.717, 1.165) is 35.3 Å². The monoisotopic (exact) mass is 369 g/mol. The molecule has 1 aromatic carbocycles. The first-order chi connectivity index (χ1) is 12.5. The van der Waals surface area contributed by atoms with Crippen molar-refractivity contribution in [3.8, 4) is 11.1 Å². The van der Waals surface area contributed by atoms with E-state index in [1.807, 2.05) is 37.6 Å². The van der Waals surface area contributed by atoms with Gasteiger partial charge in [0.1, 0.15) is 0 Å². The smallest absolute Gasteiger partial charge is 0.183 e. The molecule has 1 fully saturated rings. The van der Waals surface area contributed by atoms with Crippen molar-refractivity contribution in [1.82, 2.24) is 14.7 Å². The SMILES string of the molecule is Cn1cc(-c2ccc3c(c2)[C@@H]2CN(Cc4ccoc4)C[C@@H]2S3(=O)=O)cn1. The van der Waals surface area contributed by atoms with Crippen molar-refractivity contribution < 1.29 is 12.8 Å². The molecule has 0 saturated carbocycles. The summed E-state index contributed by atoms with van der Waals surface area (Å²) in [5.74, 6) is 0.0264.